The Morgan fingerprint density at radius 1 is 1.36 bits per heavy atom. The topological polar surface area (TPSA) is 39.1 Å². The molecule has 3 heterocycles. The smallest absolute Gasteiger partial charge is 0.0901 e. The Labute approximate surface area is 136 Å². The summed E-state index contributed by atoms with van der Waals surface area (Å²) in [6.45, 7) is 9.17. The van der Waals surface area contributed by atoms with Gasteiger partial charge in [0.15, 0.2) is 0 Å². The minimum Gasteiger partial charge on any atom is -0.373 e. The summed E-state index contributed by atoms with van der Waals surface area (Å²) in [6.07, 6.45) is 1.31. The highest BCUT2D eigenvalue weighted by Crippen LogP contribution is 2.37. The van der Waals surface area contributed by atoms with Crippen LogP contribution in [0.4, 0.5) is 0 Å². The van der Waals surface area contributed by atoms with Crippen molar-refractivity contribution in [2.45, 2.75) is 39.8 Å². The number of hydrogen-bond donors (Lipinski definition) is 1. The molecule has 0 aliphatic carbocycles. The van der Waals surface area contributed by atoms with Gasteiger partial charge in [-0.3, -0.25) is 4.68 Å². The van der Waals surface area contributed by atoms with Crippen molar-refractivity contribution in [2.24, 2.45) is 13.0 Å². The lowest BCUT2D eigenvalue weighted by Gasteiger charge is -2.19. The van der Waals surface area contributed by atoms with Crippen molar-refractivity contribution >= 4 is 11.3 Å². The Morgan fingerprint density at radius 3 is 2.82 bits per heavy atom. The third kappa shape index (κ3) is 3.12. The van der Waals surface area contributed by atoms with Gasteiger partial charge in [0, 0.05) is 53.7 Å². The standard InChI is InChI=1S/C17H25N3OS/c1-11-5-6-15(22-11)10-18-9-14-7-8-21-17(14)16-12(2)19-20(4)13(16)3/h5-6,14,17-18H,7-10H2,1-4H3/t14-,17-/m0/s1. The first kappa shape index (κ1) is 15.7. The van der Waals surface area contributed by atoms with E-state index >= 15 is 0 Å². The fraction of sp³-hybridized carbons (Fsp3) is 0.588. The maximum atomic E-state index is 6.04. The Morgan fingerprint density at radius 2 is 2.18 bits per heavy atom. The van der Waals surface area contributed by atoms with Gasteiger partial charge in [0.05, 0.1) is 11.8 Å². The van der Waals surface area contributed by atoms with Crippen LogP contribution < -0.4 is 5.32 Å². The van der Waals surface area contributed by atoms with Gasteiger partial charge in [0.25, 0.3) is 0 Å². The van der Waals surface area contributed by atoms with E-state index in [0.717, 1.165) is 31.8 Å². The maximum absolute atomic E-state index is 6.04. The third-order valence-electron chi connectivity index (χ3n) is 4.57. The zero-order chi connectivity index (χ0) is 15.7. The molecule has 1 N–H and O–H groups in total. The summed E-state index contributed by atoms with van der Waals surface area (Å²) in [6, 6.07) is 4.40. The average Bonchev–Trinajstić information content (AvgIpc) is 3.14. The second-order valence-corrected chi connectivity index (χ2v) is 7.56. The first-order chi connectivity index (χ1) is 10.6. The lowest BCUT2D eigenvalue weighted by Crippen LogP contribution is -2.24. The van der Waals surface area contributed by atoms with E-state index in [0.29, 0.717) is 5.92 Å². The second-order valence-electron chi connectivity index (χ2n) is 6.19. The van der Waals surface area contributed by atoms with Crippen molar-refractivity contribution in [1.29, 1.82) is 0 Å². The number of rotatable bonds is 5. The number of nitrogens with zero attached hydrogens (tertiary/aromatic N) is 2. The molecule has 1 fully saturated rings. The number of nitrogens with one attached hydrogen (secondary N) is 1. The molecule has 2 aromatic heterocycles. The van der Waals surface area contributed by atoms with Gasteiger partial charge in [-0.15, -0.1) is 11.3 Å². The summed E-state index contributed by atoms with van der Waals surface area (Å²) in [5, 5.41) is 8.14. The average molecular weight is 319 g/mol. The number of thiophene rings is 1. The van der Waals surface area contributed by atoms with Crippen molar-refractivity contribution in [3.63, 3.8) is 0 Å². The van der Waals surface area contributed by atoms with E-state index < -0.39 is 0 Å². The molecule has 0 aromatic carbocycles. The van der Waals surface area contributed by atoms with Crippen LogP contribution in [0, 0.1) is 26.7 Å². The molecule has 5 heteroatoms. The monoisotopic (exact) mass is 319 g/mol. The summed E-state index contributed by atoms with van der Waals surface area (Å²) in [5.74, 6) is 0.530. The lowest BCUT2D eigenvalue weighted by molar-refractivity contribution is 0.0894. The summed E-state index contributed by atoms with van der Waals surface area (Å²) in [4.78, 5) is 2.78. The highest BCUT2D eigenvalue weighted by molar-refractivity contribution is 7.11. The van der Waals surface area contributed by atoms with E-state index in [1.165, 1.54) is 21.0 Å². The van der Waals surface area contributed by atoms with Crippen molar-refractivity contribution < 1.29 is 4.74 Å². The van der Waals surface area contributed by atoms with Crippen LogP contribution in [0.15, 0.2) is 12.1 Å². The minimum atomic E-state index is 0.186. The van der Waals surface area contributed by atoms with Crippen LogP contribution in [0.2, 0.25) is 0 Å². The predicted molar refractivity (Wildman–Crippen MR) is 90.2 cm³/mol. The Hall–Kier alpha value is -1.17. The number of hydrogen-bond acceptors (Lipinski definition) is 4. The fourth-order valence-corrected chi connectivity index (χ4v) is 4.18. The number of aromatic nitrogens is 2. The zero-order valence-electron chi connectivity index (χ0n) is 13.8. The molecule has 2 atom stereocenters. The summed E-state index contributed by atoms with van der Waals surface area (Å²) < 4.78 is 8.01. The van der Waals surface area contributed by atoms with E-state index in [1.807, 2.05) is 23.1 Å². The molecular formula is C17H25N3OS. The first-order valence-electron chi connectivity index (χ1n) is 7.94. The lowest BCUT2D eigenvalue weighted by atomic mass is 9.94. The minimum absolute atomic E-state index is 0.186. The maximum Gasteiger partial charge on any atom is 0.0901 e. The first-order valence-corrected chi connectivity index (χ1v) is 8.75. The van der Waals surface area contributed by atoms with Gasteiger partial charge >= 0.3 is 0 Å². The van der Waals surface area contributed by atoms with Crippen LogP contribution in [0.1, 0.15) is 39.2 Å². The zero-order valence-corrected chi connectivity index (χ0v) is 14.7. The molecule has 2 aromatic rings. The van der Waals surface area contributed by atoms with E-state index in [4.69, 9.17) is 4.74 Å². The summed E-state index contributed by atoms with van der Waals surface area (Å²) in [7, 11) is 2.01. The Bertz CT molecular complexity index is 646. The van der Waals surface area contributed by atoms with Gasteiger partial charge in [-0.2, -0.15) is 5.10 Å². The van der Waals surface area contributed by atoms with Gasteiger partial charge in [-0.1, -0.05) is 0 Å². The molecule has 0 spiro atoms. The molecule has 1 aliphatic rings. The molecule has 4 nitrogen and oxygen atoms in total. The van der Waals surface area contributed by atoms with Gasteiger partial charge in [0.1, 0.15) is 0 Å². The van der Waals surface area contributed by atoms with Crippen LogP contribution >= 0.6 is 11.3 Å². The van der Waals surface area contributed by atoms with Gasteiger partial charge < -0.3 is 10.1 Å². The molecule has 120 valence electrons. The fourth-order valence-electron chi connectivity index (χ4n) is 3.32. The Balaban J connectivity index is 1.63. The van der Waals surface area contributed by atoms with Crippen LogP contribution in [0.5, 0.6) is 0 Å². The van der Waals surface area contributed by atoms with E-state index in [-0.39, 0.29) is 6.10 Å². The van der Waals surface area contributed by atoms with Crippen LogP contribution in [0.3, 0.4) is 0 Å². The highest BCUT2D eigenvalue weighted by atomic mass is 32.1. The quantitative estimate of drug-likeness (QED) is 0.919. The van der Waals surface area contributed by atoms with Crippen LogP contribution in [-0.2, 0) is 18.3 Å². The molecule has 22 heavy (non-hydrogen) atoms. The molecule has 0 unspecified atom stereocenters. The van der Waals surface area contributed by atoms with Crippen molar-refractivity contribution in [2.75, 3.05) is 13.2 Å². The van der Waals surface area contributed by atoms with Gasteiger partial charge in [-0.25, -0.2) is 0 Å². The molecule has 0 bridgehead atoms. The van der Waals surface area contributed by atoms with E-state index in [9.17, 15) is 0 Å². The SMILES string of the molecule is Cc1ccc(CNC[C@@H]2CCO[C@@H]2c2c(C)nn(C)c2C)s1. The molecule has 1 aliphatic heterocycles. The van der Waals surface area contributed by atoms with Crippen molar-refractivity contribution in [1.82, 2.24) is 15.1 Å². The van der Waals surface area contributed by atoms with E-state index in [1.54, 1.807) is 0 Å². The number of ether oxygens (including phenoxy) is 1. The highest BCUT2D eigenvalue weighted by Gasteiger charge is 2.33. The summed E-state index contributed by atoms with van der Waals surface area (Å²) in [5.41, 5.74) is 3.62. The van der Waals surface area contributed by atoms with Crippen molar-refractivity contribution in [3.05, 3.63) is 38.8 Å². The molecule has 3 rings (SSSR count). The normalized spacial score (nSPS) is 21.6. The number of aryl methyl sites for hydroxylation is 3. The van der Waals surface area contributed by atoms with Crippen molar-refractivity contribution in [3.8, 4) is 0 Å². The largest absolute Gasteiger partial charge is 0.373 e. The Kier molecular flexibility index (Phi) is 4.66. The molecule has 0 saturated carbocycles. The van der Waals surface area contributed by atoms with E-state index in [2.05, 4.69) is 43.3 Å². The van der Waals surface area contributed by atoms with Crippen LogP contribution in [-0.4, -0.2) is 22.9 Å². The van der Waals surface area contributed by atoms with Gasteiger partial charge in [0.2, 0.25) is 0 Å². The molecule has 0 radical (unpaired) electrons. The van der Waals surface area contributed by atoms with Crippen LogP contribution in [0.25, 0.3) is 0 Å². The molecule has 1 saturated heterocycles. The summed E-state index contributed by atoms with van der Waals surface area (Å²) >= 11 is 1.87. The second kappa shape index (κ2) is 6.52. The predicted octanol–water partition coefficient (Wildman–Crippen LogP) is 3.27. The molecular weight excluding hydrogens is 294 g/mol. The third-order valence-corrected chi connectivity index (χ3v) is 5.57. The molecule has 0 amide bonds. The van der Waals surface area contributed by atoms with Gasteiger partial charge in [-0.05, 0) is 39.3 Å².